The van der Waals surface area contributed by atoms with Crippen LogP contribution in [0.1, 0.15) is 11.7 Å². The summed E-state index contributed by atoms with van der Waals surface area (Å²) in [5.74, 6) is -2.47. The molecule has 0 aromatic heterocycles. The monoisotopic (exact) mass is 337 g/mol. The third-order valence-corrected chi connectivity index (χ3v) is 2.93. The van der Waals surface area contributed by atoms with Crippen LogP contribution < -0.4 is 10.5 Å². The molecule has 1 amide bonds. The standard InChI is InChI=1S/C11H11Cl2N2O6/c12-9(13)10(17)14-7(11(18)19)8(16)5-1-3-6(4-2-5)15(20)21/h1-4,7-9,16,20H,(H,14,17)(H,18,19)/q-1. The Morgan fingerprint density at radius 2 is 1.76 bits per heavy atom. The molecule has 1 aromatic carbocycles. The summed E-state index contributed by atoms with van der Waals surface area (Å²) in [6.07, 6.45) is -1.61. The number of aliphatic carboxylic acids is 1. The van der Waals surface area contributed by atoms with Gasteiger partial charge >= 0.3 is 5.97 Å². The van der Waals surface area contributed by atoms with Gasteiger partial charge in [0.2, 0.25) is 0 Å². The van der Waals surface area contributed by atoms with Gasteiger partial charge in [-0.3, -0.25) is 10.0 Å². The molecule has 0 spiro atoms. The Morgan fingerprint density at radius 3 is 2.14 bits per heavy atom. The van der Waals surface area contributed by atoms with Crippen LogP contribution in [-0.4, -0.2) is 38.2 Å². The minimum Gasteiger partial charge on any atom is -0.733 e. The number of alkyl halides is 2. The van der Waals surface area contributed by atoms with Crippen LogP contribution in [0.2, 0.25) is 0 Å². The maximum absolute atomic E-state index is 11.3. The molecule has 0 radical (unpaired) electrons. The van der Waals surface area contributed by atoms with Gasteiger partial charge in [-0.05, 0) is 17.7 Å². The summed E-state index contributed by atoms with van der Waals surface area (Å²) in [7, 11) is 0. The van der Waals surface area contributed by atoms with Gasteiger partial charge in [-0.25, -0.2) is 4.79 Å². The Kier molecular flexibility index (Phi) is 6.19. The largest absolute Gasteiger partial charge is 0.733 e. The Hall–Kier alpha value is -1.58. The van der Waals surface area contributed by atoms with Crippen LogP contribution in [0, 0.1) is 5.21 Å². The van der Waals surface area contributed by atoms with Crippen molar-refractivity contribution in [2.24, 2.45) is 0 Å². The molecule has 0 aliphatic carbocycles. The topological polar surface area (TPSA) is 133 Å². The van der Waals surface area contributed by atoms with E-state index in [-0.39, 0.29) is 11.3 Å². The molecule has 2 unspecified atom stereocenters. The smallest absolute Gasteiger partial charge is 0.329 e. The summed E-state index contributed by atoms with van der Waals surface area (Å²) < 4.78 is 0. The number of rotatable bonds is 6. The van der Waals surface area contributed by atoms with Gasteiger partial charge < -0.3 is 26.0 Å². The Morgan fingerprint density at radius 1 is 1.24 bits per heavy atom. The van der Waals surface area contributed by atoms with Crippen LogP contribution in [0.4, 0.5) is 5.69 Å². The first kappa shape index (κ1) is 17.5. The molecule has 0 saturated carbocycles. The molecular formula is C11H11Cl2N2O6-. The van der Waals surface area contributed by atoms with Crippen molar-refractivity contribution >= 4 is 40.8 Å². The van der Waals surface area contributed by atoms with E-state index < -0.39 is 34.1 Å². The lowest BCUT2D eigenvalue weighted by molar-refractivity contribution is -0.145. The van der Waals surface area contributed by atoms with Crippen molar-refractivity contribution in [1.82, 2.24) is 5.32 Å². The van der Waals surface area contributed by atoms with Gasteiger partial charge in [0.1, 0.15) is 6.10 Å². The fourth-order valence-electron chi connectivity index (χ4n) is 1.48. The number of aliphatic hydroxyl groups is 1. The van der Waals surface area contributed by atoms with E-state index in [1.165, 1.54) is 12.1 Å². The van der Waals surface area contributed by atoms with E-state index in [4.69, 9.17) is 33.5 Å². The average Bonchev–Trinajstić information content (AvgIpc) is 2.43. The summed E-state index contributed by atoms with van der Waals surface area (Å²) in [4.78, 5) is 20.9. The highest BCUT2D eigenvalue weighted by atomic mass is 35.5. The highest BCUT2D eigenvalue weighted by molar-refractivity contribution is 6.53. The van der Waals surface area contributed by atoms with E-state index >= 15 is 0 Å². The first-order chi connectivity index (χ1) is 9.73. The van der Waals surface area contributed by atoms with Crippen LogP contribution in [0.3, 0.4) is 0 Å². The van der Waals surface area contributed by atoms with Crippen molar-refractivity contribution in [1.29, 1.82) is 0 Å². The number of aliphatic hydroxyl groups excluding tert-OH is 1. The highest BCUT2D eigenvalue weighted by Crippen LogP contribution is 2.21. The third-order valence-electron chi connectivity index (χ3n) is 2.53. The molecule has 8 nitrogen and oxygen atoms in total. The van der Waals surface area contributed by atoms with Crippen molar-refractivity contribution in [3.63, 3.8) is 0 Å². The van der Waals surface area contributed by atoms with Crippen molar-refractivity contribution in [2.45, 2.75) is 17.0 Å². The van der Waals surface area contributed by atoms with Gasteiger partial charge in [-0.15, -0.1) is 0 Å². The minimum atomic E-state index is -1.68. The zero-order valence-corrected chi connectivity index (χ0v) is 11.8. The van der Waals surface area contributed by atoms with Crippen molar-refractivity contribution in [3.05, 3.63) is 35.0 Å². The minimum absolute atomic E-state index is 0.106. The fraction of sp³-hybridized carbons (Fsp3) is 0.273. The molecule has 21 heavy (non-hydrogen) atoms. The summed E-state index contributed by atoms with van der Waals surface area (Å²) in [6, 6.07) is 3.10. The maximum Gasteiger partial charge on any atom is 0.329 e. The quantitative estimate of drug-likeness (QED) is 0.445. The number of nitrogens with one attached hydrogen (secondary N) is 1. The second-order valence-corrected chi connectivity index (χ2v) is 5.03. The second kappa shape index (κ2) is 7.43. The van der Waals surface area contributed by atoms with Crippen molar-refractivity contribution < 1.29 is 25.0 Å². The molecule has 0 aliphatic heterocycles. The molecule has 0 aliphatic rings. The molecule has 1 aromatic rings. The lowest BCUT2D eigenvalue weighted by atomic mass is 10.0. The van der Waals surface area contributed by atoms with Crippen molar-refractivity contribution in [3.8, 4) is 0 Å². The summed E-state index contributed by atoms with van der Waals surface area (Å²) in [5, 5.41) is 39.9. The number of amides is 1. The third kappa shape index (κ3) is 4.73. The van der Waals surface area contributed by atoms with E-state index in [0.29, 0.717) is 0 Å². The number of carbonyl (C=O) groups is 2. The molecule has 0 saturated heterocycles. The number of carbonyl (C=O) groups excluding carboxylic acids is 1. The number of carboxylic acid groups (broad SMARTS) is 1. The van der Waals surface area contributed by atoms with Gasteiger partial charge in [0, 0.05) is 0 Å². The summed E-state index contributed by atoms with van der Waals surface area (Å²) >= 11 is 10.6. The van der Waals surface area contributed by atoms with E-state index in [2.05, 4.69) is 0 Å². The van der Waals surface area contributed by atoms with Crippen LogP contribution >= 0.6 is 23.2 Å². The molecule has 0 fully saturated rings. The molecule has 10 heteroatoms. The van der Waals surface area contributed by atoms with E-state index in [1.54, 1.807) is 0 Å². The molecule has 116 valence electrons. The molecular weight excluding hydrogens is 327 g/mol. The van der Waals surface area contributed by atoms with E-state index in [1.807, 2.05) is 5.32 Å². The van der Waals surface area contributed by atoms with Gasteiger partial charge in [0.05, 0.1) is 5.69 Å². The lowest BCUT2D eigenvalue weighted by Crippen LogP contribution is -2.46. The number of anilines is 1. The first-order valence-electron chi connectivity index (χ1n) is 5.49. The zero-order valence-electron chi connectivity index (χ0n) is 10.3. The number of nitrogens with zero attached hydrogens (tertiary/aromatic N) is 1. The van der Waals surface area contributed by atoms with Crippen molar-refractivity contribution in [2.75, 3.05) is 5.23 Å². The van der Waals surface area contributed by atoms with E-state index in [9.17, 15) is 19.9 Å². The molecule has 0 bridgehead atoms. The number of benzene rings is 1. The lowest BCUT2D eigenvalue weighted by Gasteiger charge is -2.24. The van der Waals surface area contributed by atoms with Gasteiger partial charge in [-0.2, -0.15) is 0 Å². The van der Waals surface area contributed by atoms with Crippen LogP contribution in [0.25, 0.3) is 0 Å². The number of hydrogen-bond donors (Lipinski definition) is 4. The Labute approximate surface area is 129 Å². The Bertz CT molecular complexity index is 508. The fourth-order valence-corrected chi connectivity index (χ4v) is 1.61. The highest BCUT2D eigenvalue weighted by Gasteiger charge is 2.30. The molecule has 0 heterocycles. The number of hydrogen-bond acceptors (Lipinski definition) is 6. The Balaban J connectivity index is 2.92. The number of halogens is 2. The van der Waals surface area contributed by atoms with Gasteiger partial charge in [0.15, 0.2) is 10.9 Å². The molecule has 2 atom stereocenters. The normalized spacial score (nSPS) is 13.6. The summed E-state index contributed by atoms with van der Waals surface area (Å²) in [5.41, 5.74) is -0.00237. The predicted octanol–water partition coefficient (Wildman–Crippen LogP) is 0.786. The average molecular weight is 338 g/mol. The van der Waals surface area contributed by atoms with Crippen LogP contribution in [-0.2, 0) is 9.59 Å². The SMILES string of the molecule is O=C(NC(C(=O)O)C(O)c1ccc(N([O-])O)cc1)C(Cl)Cl. The summed E-state index contributed by atoms with van der Waals surface area (Å²) in [6.45, 7) is 0. The van der Waals surface area contributed by atoms with Gasteiger partial charge in [-0.1, -0.05) is 35.3 Å². The zero-order chi connectivity index (χ0) is 16.2. The van der Waals surface area contributed by atoms with Crippen LogP contribution in [0.5, 0.6) is 0 Å². The van der Waals surface area contributed by atoms with Gasteiger partial charge in [0.25, 0.3) is 5.91 Å². The maximum atomic E-state index is 11.3. The molecule has 4 N–H and O–H groups in total. The van der Waals surface area contributed by atoms with E-state index in [0.717, 1.165) is 12.1 Å². The van der Waals surface area contributed by atoms with Crippen LogP contribution in [0.15, 0.2) is 24.3 Å². The number of carboxylic acids is 1. The first-order valence-corrected chi connectivity index (χ1v) is 6.36. The second-order valence-electron chi connectivity index (χ2n) is 3.93. The predicted molar refractivity (Wildman–Crippen MR) is 74.1 cm³/mol. The molecule has 1 rings (SSSR count).